The molecule has 0 unspecified atom stereocenters. The largest absolute Gasteiger partial charge is 0.496 e. The summed E-state index contributed by atoms with van der Waals surface area (Å²) in [6.07, 6.45) is -9.39. The van der Waals surface area contributed by atoms with E-state index in [1.165, 1.54) is 19.2 Å². The molecule has 3 aromatic carbocycles. The summed E-state index contributed by atoms with van der Waals surface area (Å²) in [5.74, 6) is -4.22. The molecule has 3 atom stereocenters. The third kappa shape index (κ3) is 5.91. The number of carbonyl (C=O) groups excluding carboxylic acids is 3. The van der Waals surface area contributed by atoms with E-state index in [0.717, 1.165) is 58.0 Å². The molecule has 8 nitrogen and oxygen atoms in total. The Labute approximate surface area is 269 Å². The van der Waals surface area contributed by atoms with E-state index in [2.05, 4.69) is 5.32 Å². The number of imide groups is 1. The molecule has 0 saturated carbocycles. The average Bonchev–Trinajstić information content (AvgIpc) is 3.46. The summed E-state index contributed by atoms with van der Waals surface area (Å²) in [5.41, 5.74) is -2.05. The second kappa shape index (κ2) is 11.9. The molecule has 1 fully saturated rings. The molecule has 1 aromatic heterocycles. The van der Waals surface area contributed by atoms with Gasteiger partial charge in [-0.05, 0) is 42.5 Å². The summed E-state index contributed by atoms with van der Waals surface area (Å²) >= 11 is 1.55. The quantitative estimate of drug-likeness (QED) is 0.186. The molecule has 244 valence electrons. The van der Waals surface area contributed by atoms with E-state index in [9.17, 15) is 45.5 Å². The van der Waals surface area contributed by atoms with Crippen LogP contribution in [0.5, 0.6) is 5.75 Å². The normalized spacial score (nSPS) is 19.4. The number of thioether (sulfide) groups is 1. The van der Waals surface area contributed by atoms with E-state index in [-0.39, 0.29) is 16.4 Å². The second-order valence-electron chi connectivity index (χ2n) is 10.6. The topological polar surface area (TPSA) is 97.7 Å². The van der Waals surface area contributed by atoms with Crippen molar-refractivity contribution < 1.29 is 45.5 Å². The zero-order chi connectivity index (χ0) is 33.8. The Bertz CT molecular complexity index is 1970. The van der Waals surface area contributed by atoms with Crippen molar-refractivity contribution in [1.82, 2.24) is 4.57 Å². The number of benzene rings is 3. The number of alkyl halides is 6. The van der Waals surface area contributed by atoms with Gasteiger partial charge in [0, 0.05) is 22.0 Å². The van der Waals surface area contributed by atoms with E-state index < -0.39 is 69.7 Å². The lowest BCUT2D eigenvalue weighted by atomic mass is 9.82. The number of rotatable bonds is 6. The number of ether oxygens (including phenoxy) is 1. The van der Waals surface area contributed by atoms with Crippen LogP contribution in [-0.4, -0.2) is 34.6 Å². The van der Waals surface area contributed by atoms with E-state index in [1.807, 2.05) is 0 Å². The number of halogens is 6. The van der Waals surface area contributed by atoms with Crippen LogP contribution in [0.2, 0.25) is 0 Å². The maximum absolute atomic E-state index is 14.0. The van der Waals surface area contributed by atoms with Crippen LogP contribution >= 0.6 is 23.1 Å². The Morgan fingerprint density at radius 3 is 2.21 bits per heavy atom. The summed E-state index contributed by atoms with van der Waals surface area (Å²) in [5, 5.41) is 1.32. The highest BCUT2D eigenvalue weighted by atomic mass is 32.2. The molecule has 0 bridgehead atoms. The van der Waals surface area contributed by atoms with Crippen molar-refractivity contribution in [3.05, 3.63) is 104 Å². The molecule has 2 aliphatic heterocycles. The Hall–Kier alpha value is -4.57. The number of hydrogen-bond donors (Lipinski definition) is 1. The number of nitrogens with one attached hydrogen (secondary N) is 1. The summed E-state index contributed by atoms with van der Waals surface area (Å²) < 4.78 is 86.7. The van der Waals surface area contributed by atoms with Gasteiger partial charge < -0.3 is 10.1 Å². The minimum absolute atomic E-state index is 0.158. The molecule has 0 radical (unpaired) electrons. The van der Waals surface area contributed by atoms with Crippen LogP contribution < -0.4 is 19.8 Å². The van der Waals surface area contributed by atoms with Gasteiger partial charge in [0.05, 0.1) is 34.9 Å². The maximum Gasteiger partial charge on any atom is 0.416 e. The number of nitrogens with zero attached hydrogens (tertiary/aromatic N) is 2. The third-order valence-electron chi connectivity index (χ3n) is 7.73. The van der Waals surface area contributed by atoms with Gasteiger partial charge in [0.2, 0.25) is 17.7 Å². The Morgan fingerprint density at radius 1 is 0.872 bits per heavy atom. The second-order valence-corrected chi connectivity index (χ2v) is 12.7. The summed E-state index contributed by atoms with van der Waals surface area (Å²) in [7, 11) is 1.39. The van der Waals surface area contributed by atoms with E-state index in [4.69, 9.17) is 4.74 Å². The standard InChI is InChI=1S/C31H21F6N3O5S2/c1-45-20-11-3-2-10-19(20)22-23-24(27(43)40(26(23)42)18-9-5-7-16(13-18)31(35,36)37)46-28-25(22)47-29(44)39(28)14-21(41)38-17-8-4-6-15(12-17)30(32,33)34/h2-13,22-24H,14H2,1H3,(H,38,41)/t22-,23-,24+/m0/s1. The molecule has 16 heteroatoms. The SMILES string of the molecule is COc1ccccc1[C@@H]1c2sc(=O)n(CC(=O)Nc3cccc(C(F)(F)F)c3)c2S[C@H]2C(=O)N(c3cccc(C(F)(F)F)c3)C(=O)[C@@H]12. The molecule has 1 saturated heterocycles. The van der Waals surface area contributed by atoms with Crippen LogP contribution in [0.4, 0.5) is 37.7 Å². The molecule has 3 heterocycles. The van der Waals surface area contributed by atoms with Crippen LogP contribution in [0.25, 0.3) is 0 Å². The highest BCUT2D eigenvalue weighted by Crippen LogP contribution is 2.55. The van der Waals surface area contributed by atoms with E-state index in [0.29, 0.717) is 27.2 Å². The fraction of sp³-hybridized carbons (Fsp3) is 0.226. The molecular weight excluding hydrogens is 672 g/mol. The van der Waals surface area contributed by atoms with E-state index >= 15 is 0 Å². The number of carbonyl (C=O) groups is 3. The van der Waals surface area contributed by atoms with Gasteiger partial charge in [-0.25, -0.2) is 4.90 Å². The van der Waals surface area contributed by atoms with E-state index in [1.54, 1.807) is 24.3 Å². The summed E-state index contributed by atoms with van der Waals surface area (Å²) in [6.45, 7) is -0.635. The Morgan fingerprint density at radius 2 is 1.53 bits per heavy atom. The molecule has 0 aliphatic carbocycles. The zero-order valence-electron chi connectivity index (χ0n) is 23.9. The van der Waals surface area contributed by atoms with Crippen molar-refractivity contribution in [3.8, 4) is 5.75 Å². The summed E-state index contributed by atoms with van der Waals surface area (Å²) in [4.78, 5) is 54.6. The van der Waals surface area contributed by atoms with Gasteiger partial charge >= 0.3 is 17.2 Å². The Balaban J connectivity index is 1.41. The first kappa shape index (κ1) is 32.4. The van der Waals surface area contributed by atoms with Crippen LogP contribution in [0, 0.1) is 5.92 Å². The molecule has 47 heavy (non-hydrogen) atoms. The smallest absolute Gasteiger partial charge is 0.416 e. The van der Waals surface area contributed by atoms with Gasteiger partial charge in [-0.1, -0.05) is 53.4 Å². The van der Waals surface area contributed by atoms with Gasteiger partial charge in [-0.2, -0.15) is 26.3 Å². The van der Waals surface area contributed by atoms with Crippen molar-refractivity contribution in [2.24, 2.45) is 5.92 Å². The van der Waals surface area contributed by atoms with Crippen LogP contribution in [0.15, 0.2) is 82.6 Å². The van der Waals surface area contributed by atoms with Crippen molar-refractivity contribution in [1.29, 1.82) is 0 Å². The van der Waals surface area contributed by atoms with Crippen molar-refractivity contribution >= 4 is 52.2 Å². The number of methoxy groups -OCH3 is 1. The van der Waals surface area contributed by atoms with Crippen molar-refractivity contribution in [3.63, 3.8) is 0 Å². The zero-order valence-corrected chi connectivity index (χ0v) is 25.5. The van der Waals surface area contributed by atoms with Crippen molar-refractivity contribution in [2.75, 3.05) is 17.3 Å². The molecule has 1 N–H and O–H groups in total. The lowest BCUT2D eigenvalue weighted by Gasteiger charge is -2.31. The molecule has 0 spiro atoms. The monoisotopic (exact) mass is 693 g/mol. The minimum atomic E-state index is -4.74. The predicted octanol–water partition coefficient (Wildman–Crippen LogP) is 6.39. The van der Waals surface area contributed by atoms with Crippen LogP contribution in [0.3, 0.4) is 0 Å². The highest BCUT2D eigenvalue weighted by Gasteiger charge is 2.57. The number of fused-ring (bicyclic) bond motifs is 2. The van der Waals surface area contributed by atoms with Gasteiger partial charge in [0.1, 0.15) is 17.5 Å². The first-order valence-electron chi connectivity index (χ1n) is 13.7. The third-order valence-corrected chi connectivity index (χ3v) is 10.3. The summed E-state index contributed by atoms with van der Waals surface area (Å²) in [6, 6.07) is 14.3. The number of amides is 3. The average molecular weight is 694 g/mol. The van der Waals surface area contributed by atoms with Crippen LogP contribution in [-0.2, 0) is 33.3 Å². The number of para-hydroxylation sites is 1. The molecular formula is C31H21F6N3O5S2. The maximum atomic E-state index is 14.0. The van der Waals surface area contributed by atoms with Crippen molar-refractivity contribution in [2.45, 2.75) is 35.1 Å². The predicted molar refractivity (Wildman–Crippen MR) is 161 cm³/mol. The van der Waals surface area contributed by atoms with Gasteiger partial charge in [-0.3, -0.25) is 23.7 Å². The van der Waals surface area contributed by atoms with Crippen LogP contribution in [0.1, 0.15) is 27.5 Å². The first-order chi connectivity index (χ1) is 22.2. The number of hydrogen-bond acceptors (Lipinski definition) is 7. The molecule has 3 amide bonds. The number of aromatic nitrogens is 1. The minimum Gasteiger partial charge on any atom is -0.496 e. The fourth-order valence-electron chi connectivity index (χ4n) is 5.71. The van der Waals surface area contributed by atoms with Gasteiger partial charge in [0.15, 0.2) is 0 Å². The lowest BCUT2D eigenvalue weighted by molar-refractivity contribution is -0.138. The first-order valence-corrected chi connectivity index (χ1v) is 15.4. The van der Waals surface area contributed by atoms with Gasteiger partial charge in [-0.15, -0.1) is 0 Å². The molecule has 2 aliphatic rings. The number of thiazole rings is 1. The molecule has 4 aromatic rings. The lowest BCUT2D eigenvalue weighted by Crippen LogP contribution is -2.33. The fourth-order valence-corrected chi connectivity index (χ4v) is 8.47. The molecule has 6 rings (SSSR count). The number of anilines is 2. The Kier molecular flexibility index (Phi) is 8.20. The highest BCUT2D eigenvalue weighted by molar-refractivity contribution is 8.00. The van der Waals surface area contributed by atoms with Gasteiger partial charge in [0.25, 0.3) is 0 Å².